The number of nitrogens with zero attached hydrogens (tertiary/aromatic N) is 2. The van der Waals surface area contributed by atoms with Crippen molar-refractivity contribution in [3.8, 4) is 0 Å². The van der Waals surface area contributed by atoms with E-state index in [1.165, 1.54) is 18.2 Å². The second kappa shape index (κ2) is 5.84. The number of aliphatic imine (C=N–C) groups is 1. The fourth-order valence-electron chi connectivity index (χ4n) is 2.11. The largest absolute Gasteiger partial charge is 0.402 e. The molecule has 0 saturated heterocycles. The Balaban J connectivity index is 1.93. The zero-order valence-electron chi connectivity index (χ0n) is 12.2. The number of hydrogen-bond acceptors (Lipinski definition) is 5. The van der Waals surface area contributed by atoms with Crippen LogP contribution in [0.4, 0.5) is 5.69 Å². The molecule has 0 amide bonds. The zero-order valence-corrected chi connectivity index (χ0v) is 12.2. The first-order valence-electron chi connectivity index (χ1n) is 6.87. The highest BCUT2D eigenvalue weighted by Gasteiger charge is 2.24. The third kappa shape index (κ3) is 3.16. The van der Waals surface area contributed by atoms with Crippen LogP contribution in [0.15, 0.2) is 59.2 Å². The number of nitro benzene ring substituents is 1. The standard InChI is InChI=1S/C17H12N2O4/c1-11-5-7-13(8-6-11)16-18-15(17(20)23-16)10-12-3-2-4-14(9-12)19(21)22/h2-10H,1H3/b15-10+. The Morgan fingerprint density at radius 2 is 1.91 bits per heavy atom. The van der Waals surface area contributed by atoms with E-state index in [0.717, 1.165) is 5.56 Å². The molecule has 0 fully saturated rings. The van der Waals surface area contributed by atoms with Gasteiger partial charge in [-0.1, -0.05) is 29.8 Å². The van der Waals surface area contributed by atoms with Crippen LogP contribution in [0.25, 0.3) is 6.08 Å². The number of esters is 1. The van der Waals surface area contributed by atoms with E-state index in [0.29, 0.717) is 11.1 Å². The SMILES string of the molecule is Cc1ccc(C2=N/C(=C/c3cccc([N+](=O)[O-])c3)C(=O)O2)cc1. The molecular weight excluding hydrogens is 296 g/mol. The number of carbonyl (C=O) groups excluding carboxylic acids is 1. The van der Waals surface area contributed by atoms with Gasteiger partial charge in [0, 0.05) is 17.7 Å². The molecule has 1 aliphatic rings. The van der Waals surface area contributed by atoms with E-state index in [-0.39, 0.29) is 17.3 Å². The summed E-state index contributed by atoms with van der Waals surface area (Å²) in [5.74, 6) is -0.348. The van der Waals surface area contributed by atoms with Gasteiger partial charge in [0.2, 0.25) is 5.90 Å². The van der Waals surface area contributed by atoms with E-state index in [1.54, 1.807) is 12.1 Å². The van der Waals surface area contributed by atoms with Crippen molar-refractivity contribution in [2.75, 3.05) is 0 Å². The molecule has 6 nitrogen and oxygen atoms in total. The molecule has 114 valence electrons. The van der Waals surface area contributed by atoms with Crippen molar-refractivity contribution in [3.05, 3.63) is 81.0 Å². The number of non-ortho nitro benzene ring substituents is 1. The normalized spacial score (nSPS) is 15.4. The summed E-state index contributed by atoms with van der Waals surface area (Å²) in [6.07, 6.45) is 1.47. The monoisotopic (exact) mass is 308 g/mol. The van der Waals surface area contributed by atoms with Crippen LogP contribution in [0.3, 0.4) is 0 Å². The number of benzene rings is 2. The van der Waals surface area contributed by atoms with E-state index >= 15 is 0 Å². The van der Waals surface area contributed by atoms with Gasteiger partial charge in [0.15, 0.2) is 5.70 Å². The van der Waals surface area contributed by atoms with Gasteiger partial charge in [-0.2, -0.15) is 0 Å². The number of ether oxygens (including phenoxy) is 1. The van der Waals surface area contributed by atoms with Crippen molar-refractivity contribution in [2.24, 2.45) is 4.99 Å². The number of aryl methyl sites for hydroxylation is 1. The Labute approximate surface area is 131 Å². The Morgan fingerprint density at radius 1 is 1.17 bits per heavy atom. The molecule has 0 saturated carbocycles. The second-order valence-corrected chi connectivity index (χ2v) is 5.05. The van der Waals surface area contributed by atoms with Crippen LogP contribution in [0, 0.1) is 17.0 Å². The van der Waals surface area contributed by atoms with Crippen molar-refractivity contribution in [1.82, 2.24) is 0 Å². The van der Waals surface area contributed by atoms with Crippen LogP contribution < -0.4 is 0 Å². The number of cyclic esters (lactones) is 1. The first kappa shape index (κ1) is 14.6. The third-order valence-corrected chi connectivity index (χ3v) is 3.30. The first-order valence-corrected chi connectivity index (χ1v) is 6.87. The Bertz CT molecular complexity index is 851. The number of carbonyl (C=O) groups is 1. The van der Waals surface area contributed by atoms with Gasteiger partial charge in [0.1, 0.15) is 0 Å². The highest BCUT2D eigenvalue weighted by atomic mass is 16.6. The summed E-state index contributed by atoms with van der Waals surface area (Å²) in [5, 5.41) is 10.8. The predicted molar refractivity (Wildman–Crippen MR) is 84.9 cm³/mol. The van der Waals surface area contributed by atoms with Crippen molar-refractivity contribution in [3.63, 3.8) is 0 Å². The molecule has 0 radical (unpaired) electrons. The molecule has 6 heteroatoms. The predicted octanol–water partition coefficient (Wildman–Crippen LogP) is 3.25. The van der Waals surface area contributed by atoms with Gasteiger partial charge in [0.05, 0.1) is 4.92 Å². The molecule has 0 aliphatic carbocycles. The van der Waals surface area contributed by atoms with Crippen molar-refractivity contribution in [1.29, 1.82) is 0 Å². The maximum Gasteiger partial charge on any atom is 0.363 e. The van der Waals surface area contributed by atoms with Crippen molar-refractivity contribution < 1.29 is 14.5 Å². The van der Waals surface area contributed by atoms with E-state index in [9.17, 15) is 14.9 Å². The molecule has 3 rings (SSSR count). The molecule has 0 atom stereocenters. The van der Waals surface area contributed by atoms with Crippen molar-refractivity contribution >= 4 is 23.6 Å². The summed E-state index contributed by atoms with van der Waals surface area (Å²) >= 11 is 0. The Hall–Kier alpha value is -3.28. The lowest BCUT2D eigenvalue weighted by atomic mass is 10.1. The number of nitro groups is 1. The van der Waals surface area contributed by atoms with Gasteiger partial charge in [-0.25, -0.2) is 9.79 Å². The van der Waals surface area contributed by atoms with E-state index in [4.69, 9.17) is 4.74 Å². The Morgan fingerprint density at radius 3 is 2.61 bits per heavy atom. The molecular formula is C17H12N2O4. The summed E-state index contributed by atoms with van der Waals surface area (Å²) < 4.78 is 5.16. The topological polar surface area (TPSA) is 81.8 Å². The molecule has 1 heterocycles. The fourth-order valence-corrected chi connectivity index (χ4v) is 2.11. The quantitative estimate of drug-likeness (QED) is 0.377. The fraction of sp³-hybridized carbons (Fsp3) is 0.0588. The van der Waals surface area contributed by atoms with Crippen LogP contribution in [0.5, 0.6) is 0 Å². The first-order chi connectivity index (χ1) is 11.0. The molecule has 0 aromatic heterocycles. The van der Waals surface area contributed by atoms with Gasteiger partial charge in [-0.3, -0.25) is 10.1 Å². The average molecular weight is 308 g/mol. The van der Waals surface area contributed by atoms with Gasteiger partial charge >= 0.3 is 5.97 Å². The lowest BCUT2D eigenvalue weighted by Crippen LogP contribution is -2.05. The van der Waals surface area contributed by atoms with E-state index in [1.807, 2.05) is 31.2 Å². The summed E-state index contributed by atoms with van der Waals surface area (Å²) in [6.45, 7) is 1.96. The highest BCUT2D eigenvalue weighted by Crippen LogP contribution is 2.21. The molecule has 0 N–H and O–H groups in total. The Kier molecular flexibility index (Phi) is 3.72. The van der Waals surface area contributed by atoms with Crippen LogP contribution in [0.2, 0.25) is 0 Å². The average Bonchev–Trinajstić information content (AvgIpc) is 2.89. The zero-order chi connectivity index (χ0) is 16.4. The van der Waals surface area contributed by atoms with Gasteiger partial charge < -0.3 is 4.74 Å². The van der Waals surface area contributed by atoms with E-state index < -0.39 is 10.9 Å². The van der Waals surface area contributed by atoms with Crippen LogP contribution in [-0.2, 0) is 9.53 Å². The molecule has 0 spiro atoms. The molecule has 2 aromatic carbocycles. The lowest BCUT2D eigenvalue weighted by molar-refractivity contribution is -0.384. The molecule has 2 aromatic rings. The van der Waals surface area contributed by atoms with Crippen LogP contribution in [-0.4, -0.2) is 16.8 Å². The second-order valence-electron chi connectivity index (χ2n) is 5.05. The maximum absolute atomic E-state index is 11.9. The molecule has 0 unspecified atom stereocenters. The highest BCUT2D eigenvalue weighted by molar-refractivity contribution is 6.12. The third-order valence-electron chi connectivity index (χ3n) is 3.30. The minimum absolute atomic E-state index is 0.0477. The minimum atomic E-state index is -0.577. The summed E-state index contributed by atoms with van der Waals surface area (Å²) in [4.78, 5) is 26.4. The molecule has 1 aliphatic heterocycles. The molecule has 0 bridgehead atoms. The smallest absolute Gasteiger partial charge is 0.363 e. The summed E-state index contributed by atoms with van der Waals surface area (Å²) in [6, 6.07) is 13.4. The van der Waals surface area contributed by atoms with Crippen LogP contribution in [0.1, 0.15) is 16.7 Å². The lowest BCUT2D eigenvalue weighted by Gasteiger charge is -1.99. The number of hydrogen-bond donors (Lipinski definition) is 0. The minimum Gasteiger partial charge on any atom is -0.402 e. The van der Waals surface area contributed by atoms with Gasteiger partial charge in [0.25, 0.3) is 5.69 Å². The summed E-state index contributed by atoms with van der Waals surface area (Å²) in [5.41, 5.74) is 2.37. The van der Waals surface area contributed by atoms with Crippen LogP contribution >= 0.6 is 0 Å². The van der Waals surface area contributed by atoms with E-state index in [2.05, 4.69) is 4.99 Å². The maximum atomic E-state index is 11.9. The molecule has 23 heavy (non-hydrogen) atoms. The van der Waals surface area contributed by atoms with Gasteiger partial charge in [-0.15, -0.1) is 0 Å². The van der Waals surface area contributed by atoms with Gasteiger partial charge in [-0.05, 0) is 30.7 Å². The number of rotatable bonds is 3. The summed E-state index contributed by atoms with van der Waals surface area (Å²) in [7, 11) is 0. The van der Waals surface area contributed by atoms with Crippen molar-refractivity contribution in [2.45, 2.75) is 6.92 Å².